The van der Waals surface area contributed by atoms with Gasteiger partial charge in [0.1, 0.15) is 0 Å². The lowest BCUT2D eigenvalue weighted by Gasteiger charge is -2.11. The van der Waals surface area contributed by atoms with Crippen LogP contribution in [0.15, 0.2) is 63.7 Å². The van der Waals surface area contributed by atoms with Crippen LogP contribution in [0.1, 0.15) is 12.5 Å². The highest BCUT2D eigenvalue weighted by atomic mass is 32.2. The van der Waals surface area contributed by atoms with Crippen molar-refractivity contribution in [2.45, 2.75) is 24.8 Å². The predicted molar refractivity (Wildman–Crippen MR) is 96.6 cm³/mol. The molecule has 3 N–H and O–H groups in total. The Morgan fingerprint density at radius 2 is 1.69 bits per heavy atom. The van der Waals surface area contributed by atoms with Gasteiger partial charge in [-0.25, -0.2) is 13.6 Å². The molecule has 0 unspecified atom stereocenters. The second kappa shape index (κ2) is 7.98. The van der Waals surface area contributed by atoms with Gasteiger partial charge in [0.25, 0.3) is 5.91 Å². The summed E-state index contributed by atoms with van der Waals surface area (Å²) in [4.78, 5) is 24.0. The molecular weight excluding hydrogens is 356 g/mol. The number of Topliss-reactive ketones (excluding diaryl/α,β-unsaturated/α-hetero) is 1. The summed E-state index contributed by atoms with van der Waals surface area (Å²) in [5, 5.41) is 15.3. The first-order valence-electron chi connectivity index (χ1n) is 7.59. The van der Waals surface area contributed by atoms with Gasteiger partial charge in [-0.15, -0.1) is 0 Å². The summed E-state index contributed by atoms with van der Waals surface area (Å²) < 4.78 is 22.4. The predicted octanol–water partition coefficient (Wildman–Crippen LogP) is 2.32. The number of rotatable bonds is 6. The number of hydrogen-bond acceptors (Lipinski definition) is 6. The van der Waals surface area contributed by atoms with Gasteiger partial charge in [-0.3, -0.25) is 9.59 Å². The number of nitrogens with two attached hydrogens (primary N) is 1. The average Bonchev–Trinajstić information content (AvgIpc) is 2.56. The van der Waals surface area contributed by atoms with Crippen LogP contribution in [0.5, 0.6) is 0 Å². The molecular formula is C17H18N4O4S. The van der Waals surface area contributed by atoms with Crippen LogP contribution in [-0.4, -0.2) is 26.2 Å². The van der Waals surface area contributed by atoms with Crippen molar-refractivity contribution >= 4 is 33.1 Å². The third-order valence-electron chi connectivity index (χ3n) is 3.49. The minimum Gasteiger partial charge on any atom is -0.324 e. The molecule has 0 saturated heterocycles. The van der Waals surface area contributed by atoms with Crippen molar-refractivity contribution in [3.8, 4) is 0 Å². The van der Waals surface area contributed by atoms with E-state index < -0.39 is 27.8 Å². The Morgan fingerprint density at radius 3 is 2.23 bits per heavy atom. The largest absolute Gasteiger partial charge is 0.324 e. The van der Waals surface area contributed by atoms with Crippen LogP contribution < -0.4 is 10.5 Å². The van der Waals surface area contributed by atoms with Crippen molar-refractivity contribution in [2.24, 2.45) is 15.4 Å². The van der Waals surface area contributed by atoms with E-state index in [4.69, 9.17) is 5.14 Å². The number of amides is 1. The van der Waals surface area contributed by atoms with Crippen molar-refractivity contribution in [3.63, 3.8) is 0 Å². The maximum absolute atomic E-state index is 12.3. The van der Waals surface area contributed by atoms with Crippen LogP contribution in [-0.2, 0) is 19.6 Å². The summed E-state index contributed by atoms with van der Waals surface area (Å²) in [6, 6.07) is 11.1. The summed E-state index contributed by atoms with van der Waals surface area (Å²) in [5.41, 5.74) is 1.71. The maximum atomic E-state index is 12.3. The van der Waals surface area contributed by atoms with Gasteiger partial charge in [-0.05, 0) is 49.7 Å². The number of benzene rings is 2. The first-order chi connectivity index (χ1) is 12.2. The molecule has 0 fully saturated rings. The lowest BCUT2D eigenvalue weighted by atomic mass is 10.1. The van der Waals surface area contributed by atoms with E-state index in [-0.39, 0.29) is 10.6 Å². The number of carbonyl (C=O) groups is 2. The molecule has 0 radical (unpaired) electrons. The lowest BCUT2D eigenvalue weighted by Crippen LogP contribution is -2.32. The number of nitrogens with one attached hydrogen (secondary N) is 1. The van der Waals surface area contributed by atoms with Gasteiger partial charge >= 0.3 is 0 Å². The molecule has 136 valence electrons. The van der Waals surface area contributed by atoms with E-state index in [9.17, 15) is 18.0 Å². The van der Waals surface area contributed by atoms with E-state index in [1.807, 2.05) is 19.1 Å². The standard InChI is InChI=1S/C17H18N4O4S/c1-11-5-3-4-6-15(11)19-17(23)16(12(2)22)21-20-13-7-9-14(10-8-13)26(18,24)25/h3-10,16H,1-2H3,(H,19,23)(H2,18,24,25)/t16-/m1/s1. The quantitative estimate of drug-likeness (QED) is 0.593. The number of hydrogen-bond donors (Lipinski definition) is 2. The van der Waals surface area contributed by atoms with Crippen LogP contribution in [0, 0.1) is 6.92 Å². The minimum absolute atomic E-state index is 0.0723. The van der Waals surface area contributed by atoms with E-state index in [1.54, 1.807) is 12.1 Å². The van der Waals surface area contributed by atoms with E-state index >= 15 is 0 Å². The molecule has 1 amide bonds. The number of para-hydroxylation sites is 1. The van der Waals surface area contributed by atoms with Crippen molar-refractivity contribution in [3.05, 3.63) is 54.1 Å². The van der Waals surface area contributed by atoms with Gasteiger partial charge in [-0.1, -0.05) is 18.2 Å². The monoisotopic (exact) mass is 374 g/mol. The SMILES string of the molecule is CC(=O)[C@@H](N=Nc1ccc(S(N)(=O)=O)cc1)C(=O)Nc1ccccc1C. The molecule has 26 heavy (non-hydrogen) atoms. The Bertz CT molecular complexity index is 953. The first kappa shape index (κ1) is 19.4. The number of azo groups is 1. The fraction of sp³-hybridized carbons (Fsp3) is 0.176. The molecule has 2 aromatic rings. The highest BCUT2D eigenvalue weighted by Gasteiger charge is 2.23. The summed E-state index contributed by atoms with van der Waals surface area (Å²) >= 11 is 0. The van der Waals surface area contributed by atoms with E-state index in [2.05, 4.69) is 15.5 Å². The van der Waals surface area contributed by atoms with Gasteiger partial charge in [0, 0.05) is 5.69 Å². The van der Waals surface area contributed by atoms with Crippen molar-refractivity contribution < 1.29 is 18.0 Å². The molecule has 0 spiro atoms. The maximum Gasteiger partial charge on any atom is 0.258 e. The molecule has 0 heterocycles. The van der Waals surface area contributed by atoms with Crippen molar-refractivity contribution in [2.75, 3.05) is 5.32 Å². The van der Waals surface area contributed by atoms with Gasteiger partial charge in [0.05, 0.1) is 10.6 Å². The zero-order valence-corrected chi connectivity index (χ0v) is 15.0. The molecule has 0 bridgehead atoms. The van der Waals surface area contributed by atoms with E-state index in [1.165, 1.54) is 31.2 Å². The average molecular weight is 374 g/mol. The molecule has 2 aromatic carbocycles. The van der Waals surface area contributed by atoms with Gasteiger partial charge < -0.3 is 5.32 Å². The van der Waals surface area contributed by atoms with Gasteiger partial charge in [0.15, 0.2) is 5.78 Å². The highest BCUT2D eigenvalue weighted by molar-refractivity contribution is 7.89. The number of aryl methyl sites for hydroxylation is 1. The van der Waals surface area contributed by atoms with Crippen molar-refractivity contribution in [1.82, 2.24) is 0 Å². The molecule has 0 aromatic heterocycles. The Kier molecular flexibility index (Phi) is 5.96. The molecule has 8 nitrogen and oxygen atoms in total. The number of ketones is 1. The molecule has 0 aliphatic carbocycles. The molecule has 2 rings (SSSR count). The van der Waals surface area contributed by atoms with E-state index in [0.29, 0.717) is 5.69 Å². The van der Waals surface area contributed by atoms with Crippen LogP contribution >= 0.6 is 0 Å². The Hall–Kier alpha value is -2.91. The number of nitrogens with zero attached hydrogens (tertiary/aromatic N) is 2. The normalized spacial score (nSPS) is 12.7. The fourth-order valence-electron chi connectivity index (χ4n) is 2.06. The van der Waals surface area contributed by atoms with Gasteiger partial charge in [0.2, 0.25) is 16.1 Å². The number of anilines is 1. The van der Waals surface area contributed by atoms with Gasteiger partial charge in [-0.2, -0.15) is 10.2 Å². The second-order valence-corrected chi connectivity index (χ2v) is 7.13. The third-order valence-corrected chi connectivity index (χ3v) is 4.42. The minimum atomic E-state index is -3.81. The van der Waals surface area contributed by atoms with Crippen LogP contribution in [0.3, 0.4) is 0 Å². The topological polar surface area (TPSA) is 131 Å². The smallest absolute Gasteiger partial charge is 0.258 e. The molecule has 0 aliphatic rings. The van der Waals surface area contributed by atoms with Crippen LogP contribution in [0.2, 0.25) is 0 Å². The molecule has 9 heteroatoms. The highest BCUT2D eigenvalue weighted by Crippen LogP contribution is 2.18. The van der Waals surface area contributed by atoms with Crippen LogP contribution in [0.25, 0.3) is 0 Å². The molecule has 0 saturated carbocycles. The van der Waals surface area contributed by atoms with E-state index in [0.717, 1.165) is 5.56 Å². The lowest BCUT2D eigenvalue weighted by molar-refractivity contribution is -0.126. The summed E-state index contributed by atoms with van der Waals surface area (Å²) in [5.74, 6) is -1.07. The molecule has 0 aliphatic heterocycles. The Balaban J connectivity index is 2.17. The Morgan fingerprint density at radius 1 is 1.08 bits per heavy atom. The van der Waals surface area contributed by atoms with Crippen LogP contribution in [0.4, 0.5) is 11.4 Å². The third kappa shape index (κ3) is 5.04. The first-order valence-corrected chi connectivity index (χ1v) is 9.14. The number of primary sulfonamides is 1. The molecule has 1 atom stereocenters. The summed E-state index contributed by atoms with van der Waals surface area (Å²) in [6.45, 7) is 3.07. The number of sulfonamides is 1. The Labute approximate surface area is 151 Å². The van der Waals surface area contributed by atoms with Crippen molar-refractivity contribution in [1.29, 1.82) is 0 Å². The fourth-order valence-corrected chi connectivity index (χ4v) is 2.57. The zero-order valence-electron chi connectivity index (χ0n) is 14.2. The second-order valence-electron chi connectivity index (χ2n) is 5.57. The summed E-state index contributed by atoms with van der Waals surface area (Å²) in [6.07, 6.45) is 0. The summed E-state index contributed by atoms with van der Waals surface area (Å²) in [7, 11) is -3.81. The zero-order chi connectivity index (χ0) is 19.3. The number of carbonyl (C=O) groups excluding carboxylic acids is 2.